The van der Waals surface area contributed by atoms with Gasteiger partial charge in [-0.2, -0.15) is 0 Å². The topological polar surface area (TPSA) is 25.8 Å². The van der Waals surface area contributed by atoms with Gasteiger partial charge in [0, 0.05) is 34.3 Å². The van der Waals surface area contributed by atoms with Crippen molar-refractivity contribution in [2.24, 2.45) is 0 Å². The summed E-state index contributed by atoms with van der Waals surface area (Å²) in [5.74, 6) is 5.24. The smallest absolute Gasteiger partial charge is 0.0978 e. The molecule has 0 radical (unpaired) electrons. The van der Waals surface area contributed by atoms with Crippen LogP contribution in [0.2, 0.25) is 0 Å². The minimum Gasteiger partial charge on any atom is -0.254 e. The number of aromatic nitrogens is 2. The van der Waals surface area contributed by atoms with Crippen LogP contribution in [0.3, 0.4) is 0 Å². The maximum atomic E-state index is 5.55. The zero-order chi connectivity index (χ0) is 12.5. The molecule has 0 saturated carbocycles. The lowest BCUT2D eigenvalue weighted by atomic mass is 10.0. The number of terminal acetylenes is 2. The predicted octanol–water partition coefficient (Wildman–Crippen LogP) is 2.75. The van der Waals surface area contributed by atoms with E-state index in [4.69, 9.17) is 12.8 Å². The van der Waals surface area contributed by atoms with Crippen molar-refractivity contribution >= 4 is 21.8 Å². The van der Waals surface area contributed by atoms with Gasteiger partial charge in [-0.1, -0.05) is 17.9 Å². The highest BCUT2D eigenvalue weighted by atomic mass is 14.7. The number of fused-ring (bicyclic) bond motifs is 3. The van der Waals surface area contributed by atoms with Crippen LogP contribution in [0.25, 0.3) is 21.8 Å². The van der Waals surface area contributed by atoms with E-state index in [1.165, 1.54) is 0 Å². The van der Waals surface area contributed by atoms with E-state index in [9.17, 15) is 0 Å². The molecular weight excluding hydrogens is 220 g/mol. The first-order valence-electron chi connectivity index (χ1n) is 5.44. The molecule has 2 nitrogen and oxygen atoms in total. The molecule has 0 saturated heterocycles. The molecular formula is C16H8N2. The van der Waals surface area contributed by atoms with Crippen molar-refractivity contribution in [2.75, 3.05) is 0 Å². The standard InChI is InChI=1S/C16H8N2/c1-3-11-8-14-12(4-2)9-13-6-5-7-17-15(13)16(14)18-10-11/h1-2,5-10H. The third-order valence-electron chi connectivity index (χ3n) is 2.86. The number of hydrogen-bond donors (Lipinski definition) is 0. The van der Waals surface area contributed by atoms with Crippen LogP contribution < -0.4 is 0 Å². The van der Waals surface area contributed by atoms with E-state index in [1.807, 2.05) is 24.3 Å². The molecule has 0 bridgehead atoms. The fourth-order valence-corrected chi connectivity index (χ4v) is 2.02. The summed E-state index contributed by atoms with van der Waals surface area (Å²) in [6, 6.07) is 7.67. The lowest BCUT2D eigenvalue weighted by Gasteiger charge is -2.05. The highest BCUT2D eigenvalue weighted by Gasteiger charge is 2.07. The Morgan fingerprint density at radius 2 is 1.89 bits per heavy atom. The van der Waals surface area contributed by atoms with Crippen molar-refractivity contribution in [1.29, 1.82) is 0 Å². The number of rotatable bonds is 0. The molecule has 0 aliphatic rings. The molecule has 0 fully saturated rings. The fourth-order valence-electron chi connectivity index (χ4n) is 2.02. The zero-order valence-corrected chi connectivity index (χ0v) is 9.51. The summed E-state index contributed by atoms with van der Waals surface area (Å²) in [6.07, 6.45) is 14.3. The molecule has 3 aromatic rings. The van der Waals surface area contributed by atoms with E-state index in [2.05, 4.69) is 21.8 Å². The van der Waals surface area contributed by atoms with Gasteiger partial charge in [-0.15, -0.1) is 12.8 Å². The second kappa shape index (κ2) is 3.87. The Morgan fingerprint density at radius 1 is 1.00 bits per heavy atom. The second-order valence-electron chi connectivity index (χ2n) is 3.91. The molecule has 0 atom stereocenters. The van der Waals surface area contributed by atoms with Crippen LogP contribution in [-0.2, 0) is 0 Å². The molecule has 3 rings (SSSR count). The Kier molecular flexibility index (Phi) is 2.22. The first kappa shape index (κ1) is 10.3. The Balaban J connectivity index is 2.58. The molecule has 0 aliphatic carbocycles. The van der Waals surface area contributed by atoms with Gasteiger partial charge in [-0.25, -0.2) is 0 Å². The zero-order valence-electron chi connectivity index (χ0n) is 9.51. The van der Waals surface area contributed by atoms with Gasteiger partial charge in [0.2, 0.25) is 0 Å². The van der Waals surface area contributed by atoms with Crippen molar-refractivity contribution in [3.8, 4) is 24.7 Å². The molecule has 18 heavy (non-hydrogen) atoms. The molecule has 0 N–H and O–H groups in total. The summed E-state index contributed by atoms with van der Waals surface area (Å²) in [5, 5.41) is 1.86. The summed E-state index contributed by atoms with van der Waals surface area (Å²) in [6.45, 7) is 0. The van der Waals surface area contributed by atoms with E-state index in [1.54, 1.807) is 12.4 Å². The molecule has 0 aliphatic heterocycles. The fraction of sp³-hybridized carbons (Fsp3) is 0. The van der Waals surface area contributed by atoms with Crippen molar-refractivity contribution in [3.05, 3.63) is 47.8 Å². The molecule has 2 aromatic heterocycles. The number of pyridine rings is 2. The van der Waals surface area contributed by atoms with Gasteiger partial charge in [0.05, 0.1) is 11.0 Å². The van der Waals surface area contributed by atoms with Gasteiger partial charge >= 0.3 is 0 Å². The van der Waals surface area contributed by atoms with E-state index < -0.39 is 0 Å². The maximum Gasteiger partial charge on any atom is 0.0978 e. The molecule has 0 unspecified atom stereocenters. The molecule has 0 spiro atoms. The van der Waals surface area contributed by atoms with Gasteiger partial charge in [0.1, 0.15) is 0 Å². The average molecular weight is 228 g/mol. The molecule has 1 aromatic carbocycles. The van der Waals surface area contributed by atoms with E-state index in [0.717, 1.165) is 27.4 Å². The second-order valence-corrected chi connectivity index (χ2v) is 3.91. The van der Waals surface area contributed by atoms with Crippen molar-refractivity contribution in [2.45, 2.75) is 0 Å². The largest absolute Gasteiger partial charge is 0.254 e. The highest BCUT2D eigenvalue weighted by Crippen LogP contribution is 2.25. The summed E-state index contributed by atoms with van der Waals surface area (Å²) in [5.41, 5.74) is 3.14. The van der Waals surface area contributed by atoms with Crippen molar-refractivity contribution in [1.82, 2.24) is 9.97 Å². The minimum atomic E-state index is 0.717. The van der Waals surface area contributed by atoms with E-state index in [-0.39, 0.29) is 0 Å². The Bertz CT molecular complexity index is 848. The number of hydrogen-bond acceptors (Lipinski definition) is 2. The van der Waals surface area contributed by atoms with Crippen molar-refractivity contribution < 1.29 is 0 Å². The third-order valence-corrected chi connectivity index (χ3v) is 2.86. The van der Waals surface area contributed by atoms with Crippen LogP contribution in [0.5, 0.6) is 0 Å². The summed E-state index contributed by atoms with van der Waals surface area (Å²) in [4.78, 5) is 8.75. The summed E-state index contributed by atoms with van der Waals surface area (Å²) < 4.78 is 0. The lowest BCUT2D eigenvalue weighted by molar-refractivity contribution is 1.36. The van der Waals surface area contributed by atoms with Gasteiger partial charge < -0.3 is 0 Å². The van der Waals surface area contributed by atoms with Crippen LogP contribution in [0, 0.1) is 24.7 Å². The monoisotopic (exact) mass is 228 g/mol. The van der Waals surface area contributed by atoms with Gasteiger partial charge in [-0.3, -0.25) is 9.97 Å². The number of nitrogens with zero attached hydrogens (tertiary/aromatic N) is 2. The quantitative estimate of drug-likeness (QED) is 0.437. The van der Waals surface area contributed by atoms with Crippen molar-refractivity contribution in [3.63, 3.8) is 0 Å². The lowest BCUT2D eigenvalue weighted by Crippen LogP contribution is -1.90. The number of benzene rings is 1. The Morgan fingerprint density at radius 3 is 2.67 bits per heavy atom. The normalized spacial score (nSPS) is 10.1. The average Bonchev–Trinajstić information content (AvgIpc) is 2.45. The maximum absolute atomic E-state index is 5.55. The van der Waals surface area contributed by atoms with Gasteiger partial charge in [0.15, 0.2) is 0 Å². The molecule has 82 valence electrons. The van der Waals surface area contributed by atoms with Crippen LogP contribution >= 0.6 is 0 Å². The van der Waals surface area contributed by atoms with Crippen LogP contribution in [0.4, 0.5) is 0 Å². The molecule has 2 heterocycles. The summed E-state index contributed by atoms with van der Waals surface area (Å²) >= 11 is 0. The summed E-state index contributed by atoms with van der Waals surface area (Å²) in [7, 11) is 0. The van der Waals surface area contributed by atoms with E-state index >= 15 is 0 Å². The SMILES string of the molecule is C#Cc1cnc2c(c1)c(C#C)cc1cccnc12. The molecule has 0 amide bonds. The highest BCUT2D eigenvalue weighted by molar-refractivity contribution is 6.05. The molecule has 2 heteroatoms. The van der Waals surface area contributed by atoms with Crippen LogP contribution in [0.1, 0.15) is 11.1 Å². The van der Waals surface area contributed by atoms with Gasteiger partial charge in [0.25, 0.3) is 0 Å². The van der Waals surface area contributed by atoms with E-state index in [0.29, 0.717) is 5.56 Å². The Labute approximate surface area is 105 Å². The van der Waals surface area contributed by atoms with Crippen LogP contribution in [0.15, 0.2) is 36.7 Å². The third kappa shape index (κ3) is 1.41. The van der Waals surface area contributed by atoms with Crippen LogP contribution in [-0.4, -0.2) is 9.97 Å². The first-order chi connectivity index (χ1) is 8.83. The minimum absolute atomic E-state index is 0.717. The Hall–Kier alpha value is -2.84. The first-order valence-corrected chi connectivity index (χ1v) is 5.44. The van der Waals surface area contributed by atoms with Gasteiger partial charge in [-0.05, 0) is 18.2 Å². The predicted molar refractivity (Wildman–Crippen MR) is 72.9 cm³/mol.